The van der Waals surface area contributed by atoms with E-state index in [1.807, 2.05) is 13.8 Å². The van der Waals surface area contributed by atoms with Gasteiger partial charge in [0.25, 0.3) is 0 Å². The fraction of sp³-hybridized carbons (Fsp3) is 0.667. The van der Waals surface area contributed by atoms with Crippen molar-refractivity contribution in [2.24, 2.45) is 5.92 Å². The number of amides is 3. The Labute approximate surface area is 180 Å². The first-order valence-electron chi connectivity index (χ1n) is 11.5. The topological polar surface area (TPSA) is 64.7 Å². The molecule has 6 nitrogen and oxygen atoms in total. The Bertz CT molecular complexity index is 777. The summed E-state index contributed by atoms with van der Waals surface area (Å²) in [6.45, 7) is 7.64. The number of nitrogens with zero attached hydrogens (tertiary/aromatic N) is 2. The van der Waals surface area contributed by atoms with E-state index in [1.165, 1.54) is 11.1 Å². The monoisotopic (exact) mass is 412 g/mol. The van der Waals surface area contributed by atoms with Crippen molar-refractivity contribution in [3.05, 3.63) is 35.4 Å². The predicted molar refractivity (Wildman–Crippen MR) is 118 cm³/mol. The highest BCUT2D eigenvalue weighted by Crippen LogP contribution is 2.50. The SMILES string of the molecule is CC(C)NC(=O)NC1CC2(CCN(C(=O)C3CCN(C)CC3)CC2)c2ccccc21. The van der Waals surface area contributed by atoms with Crippen molar-refractivity contribution in [1.82, 2.24) is 20.4 Å². The van der Waals surface area contributed by atoms with E-state index in [-0.39, 0.29) is 29.4 Å². The molecule has 4 rings (SSSR count). The molecule has 3 aliphatic rings. The minimum absolute atomic E-state index is 0.0380. The van der Waals surface area contributed by atoms with Crippen LogP contribution in [0.2, 0.25) is 0 Å². The van der Waals surface area contributed by atoms with Gasteiger partial charge in [-0.1, -0.05) is 24.3 Å². The normalized spacial score (nSPS) is 24.1. The first-order chi connectivity index (χ1) is 14.4. The molecule has 2 saturated heterocycles. The summed E-state index contributed by atoms with van der Waals surface area (Å²) >= 11 is 0. The Balaban J connectivity index is 1.43. The maximum Gasteiger partial charge on any atom is 0.315 e. The molecule has 1 aromatic carbocycles. The molecule has 0 bridgehead atoms. The van der Waals surface area contributed by atoms with Gasteiger partial charge in [0, 0.05) is 30.5 Å². The summed E-state index contributed by atoms with van der Waals surface area (Å²) in [5, 5.41) is 6.14. The first-order valence-corrected chi connectivity index (χ1v) is 11.5. The van der Waals surface area contributed by atoms with Crippen LogP contribution in [0.25, 0.3) is 0 Å². The van der Waals surface area contributed by atoms with Crippen molar-refractivity contribution in [2.45, 2.75) is 63.5 Å². The largest absolute Gasteiger partial charge is 0.342 e. The van der Waals surface area contributed by atoms with Crippen LogP contribution in [0.15, 0.2) is 24.3 Å². The van der Waals surface area contributed by atoms with Crippen molar-refractivity contribution < 1.29 is 9.59 Å². The summed E-state index contributed by atoms with van der Waals surface area (Å²) < 4.78 is 0. The number of piperidine rings is 2. The third-order valence-corrected chi connectivity index (χ3v) is 7.33. The highest BCUT2D eigenvalue weighted by atomic mass is 16.2. The molecule has 2 N–H and O–H groups in total. The van der Waals surface area contributed by atoms with Crippen LogP contribution in [-0.4, -0.2) is 61.0 Å². The van der Waals surface area contributed by atoms with Crippen LogP contribution in [0.4, 0.5) is 4.79 Å². The van der Waals surface area contributed by atoms with Crippen LogP contribution >= 0.6 is 0 Å². The van der Waals surface area contributed by atoms with Gasteiger partial charge in [-0.2, -0.15) is 0 Å². The lowest BCUT2D eigenvalue weighted by atomic mass is 9.73. The molecule has 1 spiro atoms. The molecule has 6 heteroatoms. The number of likely N-dealkylation sites (tertiary alicyclic amines) is 2. The molecule has 2 fully saturated rings. The molecular formula is C24H36N4O2. The number of fused-ring (bicyclic) bond motifs is 2. The van der Waals surface area contributed by atoms with E-state index in [9.17, 15) is 9.59 Å². The van der Waals surface area contributed by atoms with Crippen molar-refractivity contribution in [3.63, 3.8) is 0 Å². The molecule has 2 aliphatic heterocycles. The first kappa shape index (κ1) is 21.2. The van der Waals surface area contributed by atoms with Crippen molar-refractivity contribution in [2.75, 3.05) is 33.2 Å². The second kappa shape index (κ2) is 8.58. The van der Waals surface area contributed by atoms with Crippen LogP contribution in [-0.2, 0) is 10.2 Å². The van der Waals surface area contributed by atoms with Crippen LogP contribution in [0.5, 0.6) is 0 Å². The van der Waals surface area contributed by atoms with E-state index in [0.717, 1.165) is 58.3 Å². The summed E-state index contributed by atoms with van der Waals surface area (Å²) in [6, 6.07) is 8.60. The fourth-order valence-corrected chi connectivity index (χ4v) is 5.63. The number of carbonyl (C=O) groups excluding carboxylic acids is 2. The molecule has 3 amide bonds. The van der Waals surface area contributed by atoms with E-state index in [0.29, 0.717) is 5.91 Å². The summed E-state index contributed by atoms with van der Waals surface area (Å²) in [6.07, 6.45) is 4.85. The molecule has 0 saturated carbocycles. The predicted octanol–water partition coefficient (Wildman–Crippen LogP) is 3.04. The van der Waals surface area contributed by atoms with Gasteiger partial charge in [0.15, 0.2) is 0 Å². The zero-order valence-corrected chi connectivity index (χ0v) is 18.6. The molecule has 1 aliphatic carbocycles. The van der Waals surface area contributed by atoms with E-state index in [2.05, 4.69) is 51.7 Å². The fourth-order valence-electron chi connectivity index (χ4n) is 5.63. The maximum atomic E-state index is 13.1. The van der Waals surface area contributed by atoms with Crippen molar-refractivity contribution >= 4 is 11.9 Å². The van der Waals surface area contributed by atoms with Crippen LogP contribution in [0, 0.1) is 5.92 Å². The van der Waals surface area contributed by atoms with Gasteiger partial charge < -0.3 is 20.4 Å². The molecule has 2 heterocycles. The molecule has 30 heavy (non-hydrogen) atoms. The van der Waals surface area contributed by atoms with Gasteiger partial charge in [-0.15, -0.1) is 0 Å². The molecule has 164 valence electrons. The van der Waals surface area contributed by atoms with Crippen LogP contribution in [0.1, 0.15) is 63.1 Å². The zero-order valence-electron chi connectivity index (χ0n) is 18.6. The summed E-state index contributed by atoms with van der Waals surface area (Å²) in [5.41, 5.74) is 2.67. The summed E-state index contributed by atoms with van der Waals surface area (Å²) in [7, 11) is 2.13. The average molecular weight is 413 g/mol. The van der Waals surface area contributed by atoms with Gasteiger partial charge in [0.2, 0.25) is 5.91 Å². The quantitative estimate of drug-likeness (QED) is 0.802. The van der Waals surface area contributed by atoms with Gasteiger partial charge in [-0.3, -0.25) is 4.79 Å². The summed E-state index contributed by atoms with van der Waals surface area (Å²) in [5.74, 6) is 0.551. The second-order valence-corrected chi connectivity index (χ2v) is 9.80. The number of carbonyl (C=O) groups is 2. The van der Waals surface area contributed by atoms with E-state index in [1.54, 1.807) is 0 Å². The zero-order chi connectivity index (χ0) is 21.3. The Morgan fingerprint density at radius 1 is 1.07 bits per heavy atom. The van der Waals surface area contributed by atoms with Gasteiger partial charge >= 0.3 is 6.03 Å². The van der Waals surface area contributed by atoms with Crippen LogP contribution < -0.4 is 10.6 Å². The Hall–Kier alpha value is -2.08. The summed E-state index contributed by atoms with van der Waals surface area (Å²) in [4.78, 5) is 29.8. The Kier molecular flexibility index (Phi) is 6.05. The molecule has 0 radical (unpaired) electrons. The lowest BCUT2D eigenvalue weighted by molar-refractivity contribution is -0.138. The number of rotatable bonds is 3. The van der Waals surface area contributed by atoms with Crippen molar-refractivity contribution in [1.29, 1.82) is 0 Å². The number of hydrogen-bond donors (Lipinski definition) is 2. The minimum atomic E-state index is -0.100. The van der Waals surface area contributed by atoms with Gasteiger partial charge in [0.1, 0.15) is 0 Å². The molecular weight excluding hydrogens is 376 g/mol. The van der Waals surface area contributed by atoms with Crippen molar-refractivity contribution in [3.8, 4) is 0 Å². The van der Waals surface area contributed by atoms with Gasteiger partial charge in [-0.05, 0) is 77.2 Å². The number of urea groups is 1. The highest BCUT2D eigenvalue weighted by Gasteiger charge is 2.46. The van der Waals surface area contributed by atoms with E-state index in [4.69, 9.17) is 0 Å². The molecule has 1 unspecified atom stereocenters. The third-order valence-electron chi connectivity index (χ3n) is 7.33. The van der Waals surface area contributed by atoms with Gasteiger partial charge in [0.05, 0.1) is 6.04 Å². The van der Waals surface area contributed by atoms with Gasteiger partial charge in [-0.25, -0.2) is 4.79 Å². The third kappa shape index (κ3) is 4.20. The van der Waals surface area contributed by atoms with E-state index >= 15 is 0 Å². The maximum absolute atomic E-state index is 13.1. The highest BCUT2D eigenvalue weighted by molar-refractivity contribution is 5.79. The molecule has 0 aromatic heterocycles. The number of hydrogen-bond acceptors (Lipinski definition) is 3. The molecule has 1 atom stereocenters. The second-order valence-electron chi connectivity index (χ2n) is 9.80. The minimum Gasteiger partial charge on any atom is -0.342 e. The average Bonchev–Trinajstić information content (AvgIpc) is 3.01. The number of benzene rings is 1. The Morgan fingerprint density at radius 3 is 2.40 bits per heavy atom. The Morgan fingerprint density at radius 2 is 1.73 bits per heavy atom. The van der Waals surface area contributed by atoms with Crippen LogP contribution in [0.3, 0.4) is 0 Å². The smallest absolute Gasteiger partial charge is 0.315 e. The number of nitrogens with one attached hydrogen (secondary N) is 2. The van der Waals surface area contributed by atoms with E-state index < -0.39 is 0 Å². The standard InChI is InChI=1S/C24H36N4O2/c1-17(2)25-23(30)26-21-16-24(20-7-5-4-6-19(20)21)10-14-28(15-11-24)22(29)18-8-12-27(3)13-9-18/h4-7,17-18,21H,8-16H2,1-3H3,(H2,25,26,30). The lowest BCUT2D eigenvalue weighted by Gasteiger charge is -2.42. The molecule has 1 aromatic rings. The lowest BCUT2D eigenvalue weighted by Crippen LogP contribution is -2.48.